The number of hydrogen-bond acceptors (Lipinski definition) is 3. The Labute approximate surface area is 133 Å². The van der Waals surface area contributed by atoms with Crippen LogP contribution in [0.25, 0.3) is 5.70 Å². The molecule has 1 aromatic heterocycles. The standard InChI is InChI=1S/C18H15FN4/c1-12-2-4-13(5-3-12)16-10-17(14-6-8-15(19)9-7-14)23-18(22-16)20-11-21-23/h2-11,16H,1H3,(H,20,21,22). The number of anilines is 1. The number of halogens is 1. The first-order valence-corrected chi connectivity index (χ1v) is 7.42. The minimum atomic E-state index is -0.253. The van der Waals surface area contributed by atoms with E-state index in [1.807, 2.05) is 0 Å². The number of aryl methyl sites for hydroxylation is 1. The zero-order valence-electron chi connectivity index (χ0n) is 12.6. The topological polar surface area (TPSA) is 42.7 Å². The van der Waals surface area contributed by atoms with Crippen LogP contribution >= 0.6 is 0 Å². The van der Waals surface area contributed by atoms with Crippen LogP contribution in [0, 0.1) is 12.7 Å². The Hall–Kier alpha value is -2.95. The van der Waals surface area contributed by atoms with E-state index in [-0.39, 0.29) is 11.9 Å². The molecule has 5 heteroatoms. The van der Waals surface area contributed by atoms with Crippen LogP contribution in [0.15, 0.2) is 60.9 Å². The molecular formula is C18H15FN4. The molecule has 114 valence electrons. The van der Waals surface area contributed by atoms with Crippen LogP contribution < -0.4 is 5.32 Å². The van der Waals surface area contributed by atoms with Crippen LogP contribution in [0.5, 0.6) is 0 Å². The molecule has 2 aromatic carbocycles. The minimum Gasteiger partial charge on any atom is -0.344 e. The van der Waals surface area contributed by atoms with Crippen molar-refractivity contribution in [2.24, 2.45) is 0 Å². The van der Waals surface area contributed by atoms with Gasteiger partial charge in [-0.15, -0.1) is 0 Å². The summed E-state index contributed by atoms with van der Waals surface area (Å²) >= 11 is 0. The Kier molecular flexibility index (Phi) is 3.19. The maximum Gasteiger partial charge on any atom is 0.226 e. The maximum absolute atomic E-state index is 13.2. The average molecular weight is 306 g/mol. The van der Waals surface area contributed by atoms with Gasteiger partial charge in [0.1, 0.15) is 12.1 Å². The number of nitrogens with zero attached hydrogens (tertiary/aromatic N) is 3. The summed E-state index contributed by atoms with van der Waals surface area (Å²) in [5.74, 6) is 0.426. The number of fused-ring (bicyclic) bond motifs is 1. The second-order valence-electron chi connectivity index (χ2n) is 5.59. The van der Waals surface area contributed by atoms with Gasteiger partial charge < -0.3 is 5.32 Å². The lowest BCUT2D eigenvalue weighted by molar-refractivity contribution is 0.627. The largest absolute Gasteiger partial charge is 0.344 e. The smallest absolute Gasteiger partial charge is 0.226 e. The Morgan fingerprint density at radius 1 is 1.04 bits per heavy atom. The van der Waals surface area contributed by atoms with Crippen LogP contribution in [0.2, 0.25) is 0 Å². The minimum absolute atomic E-state index is 0.00708. The summed E-state index contributed by atoms with van der Waals surface area (Å²) in [5.41, 5.74) is 4.15. The highest BCUT2D eigenvalue weighted by atomic mass is 19.1. The van der Waals surface area contributed by atoms with Gasteiger partial charge in [0, 0.05) is 5.56 Å². The number of rotatable bonds is 2. The van der Waals surface area contributed by atoms with Gasteiger partial charge in [-0.3, -0.25) is 0 Å². The van der Waals surface area contributed by atoms with Gasteiger partial charge >= 0.3 is 0 Å². The van der Waals surface area contributed by atoms with Crippen molar-refractivity contribution >= 4 is 11.6 Å². The quantitative estimate of drug-likeness (QED) is 0.783. The van der Waals surface area contributed by atoms with E-state index in [1.54, 1.807) is 16.8 Å². The first-order chi connectivity index (χ1) is 11.2. The summed E-state index contributed by atoms with van der Waals surface area (Å²) < 4.78 is 14.9. The highest BCUT2D eigenvalue weighted by molar-refractivity contribution is 5.71. The molecule has 1 N–H and O–H groups in total. The molecule has 3 aromatic rings. The van der Waals surface area contributed by atoms with Crippen molar-refractivity contribution in [1.82, 2.24) is 14.8 Å². The third-order valence-corrected chi connectivity index (χ3v) is 3.96. The van der Waals surface area contributed by atoms with Crippen molar-refractivity contribution in [3.63, 3.8) is 0 Å². The normalized spacial score (nSPS) is 16.4. The van der Waals surface area contributed by atoms with Crippen LogP contribution in [0.3, 0.4) is 0 Å². The monoisotopic (exact) mass is 306 g/mol. The number of nitrogens with one attached hydrogen (secondary N) is 1. The molecule has 1 aliphatic rings. The zero-order valence-corrected chi connectivity index (χ0v) is 12.6. The van der Waals surface area contributed by atoms with E-state index in [9.17, 15) is 4.39 Å². The third-order valence-electron chi connectivity index (χ3n) is 3.96. The van der Waals surface area contributed by atoms with Gasteiger partial charge in [-0.25, -0.2) is 4.39 Å². The van der Waals surface area contributed by atoms with Gasteiger partial charge in [0.05, 0.1) is 11.7 Å². The van der Waals surface area contributed by atoms with Crippen molar-refractivity contribution in [1.29, 1.82) is 0 Å². The fourth-order valence-corrected chi connectivity index (χ4v) is 2.72. The van der Waals surface area contributed by atoms with Gasteiger partial charge in [0.15, 0.2) is 0 Å². The van der Waals surface area contributed by atoms with Crippen molar-refractivity contribution < 1.29 is 4.39 Å². The van der Waals surface area contributed by atoms with Gasteiger partial charge in [0.25, 0.3) is 0 Å². The maximum atomic E-state index is 13.2. The van der Waals surface area contributed by atoms with Crippen molar-refractivity contribution in [3.05, 3.63) is 83.4 Å². The fourth-order valence-electron chi connectivity index (χ4n) is 2.72. The molecule has 4 rings (SSSR count). The third kappa shape index (κ3) is 2.50. The van der Waals surface area contributed by atoms with Gasteiger partial charge in [-0.2, -0.15) is 14.8 Å². The van der Waals surface area contributed by atoms with E-state index in [0.29, 0.717) is 5.95 Å². The Balaban J connectivity index is 1.80. The lowest BCUT2D eigenvalue weighted by Gasteiger charge is -2.24. The predicted octanol–water partition coefficient (Wildman–Crippen LogP) is 3.78. The van der Waals surface area contributed by atoms with Gasteiger partial charge in [-0.1, -0.05) is 29.8 Å². The van der Waals surface area contributed by atoms with Gasteiger partial charge in [0.2, 0.25) is 5.95 Å². The molecule has 0 amide bonds. The number of hydrogen-bond donors (Lipinski definition) is 1. The van der Waals surface area contributed by atoms with E-state index in [1.165, 1.54) is 24.0 Å². The summed E-state index contributed by atoms with van der Waals surface area (Å²) in [6.45, 7) is 2.06. The molecule has 0 fully saturated rings. The highest BCUT2D eigenvalue weighted by Gasteiger charge is 2.22. The molecule has 1 atom stereocenters. The SMILES string of the molecule is Cc1ccc(C2C=C(c3ccc(F)cc3)n3ncnc3N2)cc1. The molecule has 0 aliphatic carbocycles. The molecule has 0 radical (unpaired) electrons. The van der Waals surface area contributed by atoms with Crippen LogP contribution in [-0.4, -0.2) is 14.8 Å². The molecule has 0 spiro atoms. The zero-order chi connectivity index (χ0) is 15.8. The van der Waals surface area contributed by atoms with E-state index < -0.39 is 0 Å². The summed E-state index contributed by atoms with van der Waals surface area (Å²) in [6.07, 6.45) is 3.59. The van der Waals surface area contributed by atoms with E-state index in [2.05, 4.69) is 52.7 Å². The van der Waals surface area contributed by atoms with Crippen LogP contribution in [0.1, 0.15) is 22.7 Å². The van der Waals surface area contributed by atoms with Crippen molar-refractivity contribution in [3.8, 4) is 0 Å². The summed E-state index contributed by atoms with van der Waals surface area (Å²) in [6, 6.07) is 14.8. The Morgan fingerprint density at radius 2 is 1.78 bits per heavy atom. The molecule has 4 nitrogen and oxygen atoms in total. The lowest BCUT2D eigenvalue weighted by atomic mass is 10.0. The fraction of sp³-hybridized carbons (Fsp3) is 0.111. The molecule has 23 heavy (non-hydrogen) atoms. The first kappa shape index (κ1) is 13.7. The number of benzene rings is 2. The molecule has 0 bridgehead atoms. The molecule has 1 unspecified atom stereocenters. The summed E-state index contributed by atoms with van der Waals surface area (Å²) in [5, 5.41) is 7.62. The average Bonchev–Trinajstić information content (AvgIpc) is 3.04. The van der Waals surface area contributed by atoms with E-state index in [4.69, 9.17) is 0 Å². The van der Waals surface area contributed by atoms with E-state index in [0.717, 1.165) is 16.8 Å². The van der Waals surface area contributed by atoms with Crippen LogP contribution in [-0.2, 0) is 0 Å². The van der Waals surface area contributed by atoms with E-state index >= 15 is 0 Å². The molecule has 1 aliphatic heterocycles. The summed E-state index contributed by atoms with van der Waals surface area (Å²) in [4.78, 5) is 4.27. The van der Waals surface area contributed by atoms with Crippen molar-refractivity contribution in [2.45, 2.75) is 13.0 Å². The summed E-state index contributed by atoms with van der Waals surface area (Å²) in [7, 11) is 0. The second-order valence-corrected chi connectivity index (χ2v) is 5.59. The van der Waals surface area contributed by atoms with Crippen molar-refractivity contribution in [2.75, 3.05) is 5.32 Å². The lowest BCUT2D eigenvalue weighted by Crippen LogP contribution is -2.20. The van der Waals surface area contributed by atoms with Crippen LogP contribution in [0.4, 0.5) is 10.3 Å². The molecule has 0 saturated carbocycles. The van der Waals surface area contributed by atoms with Gasteiger partial charge in [-0.05, 0) is 42.8 Å². The Morgan fingerprint density at radius 3 is 2.52 bits per heavy atom. The molecular weight excluding hydrogens is 291 g/mol. The predicted molar refractivity (Wildman–Crippen MR) is 87.3 cm³/mol. The molecule has 0 saturated heterocycles. The number of aromatic nitrogens is 3. The Bertz CT molecular complexity index is 863. The first-order valence-electron chi connectivity index (χ1n) is 7.42. The highest BCUT2D eigenvalue weighted by Crippen LogP contribution is 2.31. The molecule has 2 heterocycles. The second kappa shape index (κ2) is 5.35.